The van der Waals surface area contributed by atoms with Gasteiger partial charge in [-0.2, -0.15) is 0 Å². The van der Waals surface area contributed by atoms with E-state index in [0.29, 0.717) is 18.8 Å². The molecule has 0 aliphatic carbocycles. The Bertz CT molecular complexity index is 536. The molecule has 2 N–H and O–H groups in total. The van der Waals surface area contributed by atoms with Crippen LogP contribution in [0.4, 0.5) is 0 Å². The first-order valence-corrected chi connectivity index (χ1v) is 6.79. The molecule has 0 unspecified atom stereocenters. The maximum atomic E-state index is 12.2. The maximum absolute atomic E-state index is 12.2. The number of aliphatic hydroxyl groups excluding tert-OH is 1. The van der Waals surface area contributed by atoms with E-state index >= 15 is 0 Å². The number of carbonyl (C=O) groups excluding carboxylic acids is 1. The van der Waals surface area contributed by atoms with Gasteiger partial charge in [0.2, 0.25) is 0 Å². The Morgan fingerprint density at radius 3 is 2.90 bits per heavy atom. The van der Waals surface area contributed by atoms with E-state index in [1.165, 1.54) is 0 Å². The number of aryl methyl sites for hydroxylation is 1. The topological polar surface area (TPSA) is 58.6 Å². The van der Waals surface area contributed by atoms with Crippen molar-refractivity contribution < 1.29 is 14.6 Å². The van der Waals surface area contributed by atoms with Gasteiger partial charge in [0.15, 0.2) is 0 Å². The monoisotopic (exact) mass is 273 g/mol. The quantitative estimate of drug-likeness (QED) is 0.797. The van der Waals surface area contributed by atoms with Crippen molar-refractivity contribution in [3.8, 4) is 11.8 Å². The molecule has 2 rings (SSSR count). The summed E-state index contributed by atoms with van der Waals surface area (Å²) in [4.78, 5) is 12.2. The average Bonchev–Trinajstić information content (AvgIpc) is 2.47. The van der Waals surface area contributed by atoms with Crippen molar-refractivity contribution in [2.24, 2.45) is 0 Å². The van der Waals surface area contributed by atoms with Crippen molar-refractivity contribution >= 4 is 5.91 Å². The van der Waals surface area contributed by atoms with Crippen molar-refractivity contribution in [3.05, 3.63) is 34.9 Å². The average molecular weight is 273 g/mol. The molecule has 0 bridgehead atoms. The lowest BCUT2D eigenvalue weighted by molar-refractivity contribution is 0.0696. The van der Waals surface area contributed by atoms with Crippen LogP contribution in [-0.2, 0) is 4.74 Å². The number of rotatable bonds is 2. The highest BCUT2D eigenvalue weighted by atomic mass is 16.5. The summed E-state index contributed by atoms with van der Waals surface area (Å²) in [5.41, 5.74) is 2.37. The van der Waals surface area contributed by atoms with Crippen LogP contribution in [0.2, 0.25) is 0 Å². The molecule has 0 saturated carbocycles. The van der Waals surface area contributed by atoms with Gasteiger partial charge in [-0.05, 0) is 37.5 Å². The third kappa shape index (κ3) is 3.83. The van der Waals surface area contributed by atoms with Gasteiger partial charge < -0.3 is 15.2 Å². The van der Waals surface area contributed by atoms with Crippen molar-refractivity contribution in [3.63, 3.8) is 0 Å². The number of nitrogens with one attached hydrogen (secondary N) is 1. The lowest BCUT2D eigenvalue weighted by atomic mass is 10.0. The Balaban J connectivity index is 2.09. The lowest BCUT2D eigenvalue weighted by Crippen LogP contribution is -2.38. The fraction of sp³-hybridized carbons (Fsp3) is 0.438. The molecule has 4 heteroatoms. The van der Waals surface area contributed by atoms with Gasteiger partial charge in [0.1, 0.15) is 6.61 Å². The number of amides is 1. The summed E-state index contributed by atoms with van der Waals surface area (Å²) in [6.45, 7) is 3.15. The van der Waals surface area contributed by atoms with Crippen LogP contribution in [0, 0.1) is 18.8 Å². The smallest absolute Gasteiger partial charge is 0.251 e. The second-order valence-corrected chi connectivity index (χ2v) is 4.85. The predicted octanol–water partition coefficient (Wildman–Crippen LogP) is 1.25. The number of ether oxygens (including phenoxy) is 1. The van der Waals surface area contributed by atoms with Crippen molar-refractivity contribution in [2.45, 2.75) is 25.8 Å². The summed E-state index contributed by atoms with van der Waals surface area (Å²) in [6, 6.07) is 5.63. The van der Waals surface area contributed by atoms with Gasteiger partial charge in [-0.1, -0.05) is 17.9 Å². The fourth-order valence-corrected chi connectivity index (χ4v) is 2.14. The molecule has 0 radical (unpaired) electrons. The van der Waals surface area contributed by atoms with Gasteiger partial charge in [-0.25, -0.2) is 0 Å². The van der Waals surface area contributed by atoms with Gasteiger partial charge in [0, 0.05) is 30.4 Å². The standard InChI is InChI=1S/C16H19NO3/c1-12-4-5-14(11-13(12)3-2-8-18)16(19)17-15-6-9-20-10-7-15/h4-5,11,15,18H,6-10H2,1H3,(H,17,19). The largest absolute Gasteiger partial charge is 0.384 e. The normalized spacial score (nSPS) is 15.3. The van der Waals surface area contributed by atoms with E-state index in [1.54, 1.807) is 12.1 Å². The van der Waals surface area contributed by atoms with E-state index in [2.05, 4.69) is 17.2 Å². The van der Waals surface area contributed by atoms with Crippen LogP contribution in [0.15, 0.2) is 18.2 Å². The van der Waals surface area contributed by atoms with Gasteiger partial charge in [-0.15, -0.1) is 0 Å². The molecule has 0 spiro atoms. The highest BCUT2D eigenvalue weighted by Crippen LogP contribution is 2.12. The highest BCUT2D eigenvalue weighted by molar-refractivity contribution is 5.94. The van der Waals surface area contributed by atoms with Crippen LogP contribution in [0.3, 0.4) is 0 Å². The molecule has 1 aliphatic heterocycles. The number of carbonyl (C=O) groups is 1. The minimum Gasteiger partial charge on any atom is -0.384 e. The zero-order valence-corrected chi connectivity index (χ0v) is 11.6. The molecule has 106 valence electrons. The molecule has 4 nitrogen and oxygen atoms in total. The Kier molecular flexibility index (Phi) is 5.16. The van der Waals surface area contributed by atoms with Crippen LogP contribution in [0.1, 0.15) is 34.3 Å². The third-order valence-electron chi connectivity index (χ3n) is 3.36. The van der Waals surface area contributed by atoms with Gasteiger partial charge in [0.05, 0.1) is 0 Å². The first-order chi connectivity index (χ1) is 9.70. The summed E-state index contributed by atoms with van der Waals surface area (Å²) in [5, 5.41) is 11.8. The van der Waals surface area contributed by atoms with Crippen LogP contribution in [0.25, 0.3) is 0 Å². The highest BCUT2D eigenvalue weighted by Gasteiger charge is 2.17. The van der Waals surface area contributed by atoms with Crippen molar-refractivity contribution in [1.29, 1.82) is 0 Å². The molecule has 0 aromatic heterocycles. The minimum atomic E-state index is -0.183. The van der Waals surface area contributed by atoms with Gasteiger partial charge in [-0.3, -0.25) is 4.79 Å². The second-order valence-electron chi connectivity index (χ2n) is 4.85. The summed E-state index contributed by atoms with van der Waals surface area (Å²) in [7, 11) is 0. The molecule has 1 fully saturated rings. The summed E-state index contributed by atoms with van der Waals surface area (Å²) >= 11 is 0. The van der Waals surface area contributed by atoms with Gasteiger partial charge >= 0.3 is 0 Å². The molecular weight excluding hydrogens is 254 g/mol. The Morgan fingerprint density at radius 2 is 2.20 bits per heavy atom. The Labute approximate surface area is 119 Å². The van der Waals surface area contributed by atoms with Gasteiger partial charge in [0.25, 0.3) is 5.91 Å². The van der Waals surface area contributed by atoms with Crippen LogP contribution < -0.4 is 5.32 Å². The summed E-state index contributed by atoms with van der Waals surface area (Å²) < 4.78 is 5.27. The molecular formula is C16H19NO3. The number of benzene rings is 1. The van der Waals surface area contributed by atoms with E-state index in [4.69, 9.17) is 9.84 Å². The Hall–Kier alpha value is -1.83. The molecule has 1 aliphatic rings. The zero-order valence-electron chi connectivity index (χ0n) is 11.6. The fourth-order valence-electron chi connectivity index (χ4n) is 2.14. The number of hydrogen-bond donors (Lipinski definition) is 2. The SMILES string of the molecule is Cc1ccc(C(=O)NC2CCOCC2)cc1C#CCO. The van der Waals surface area contributed by atoms with E-state index in [0.717, 1.165) is 24.0 Å². The third-order valence-corrected chi connectivity index (χ3v) is 3.36. The number of hydrogen-bond acceptors (Lipinski definition) is 3. The molecule has 1 heterocycles. The summed E-state index contributed by atoms with van der Waals surface area (Å²) in [6.07, 6.45) is 1.71. The molecule has 1 aromatic carbocycles. The van der Waals surface area contributed by atoms with E-state index in [1.807, 2.05) is 13.0 Å². The van der Waals surface area contributed by atoms with E-state index in [9.17, 15) is 4.79 Å². The molecule has 1 saturated heterocycles. The number of aliphatic hydroxyl groups is 1. The first kappa shape index (κ1) is 14.6. The predicted molar refractivity (Wildman–Crippen MR) is 76.5 cm³/mol. The molecule has 1 aromatic rings. The maximum Gasteiger partial charge on any atom is 0.251 e. The second kappa shape index (κ2) is 7.09. The zero-order chi connectivity index (χ0) is 14.4. The van der Waals surface area contributed by atoms with Crippen molar-refractivity contribution in [2.75, 3.05) is 19.8 Å². The molecule has 1 amide bonds. The van der Waals surface area contributed by atoms with Crippen LogP contribution >= 0.6 is 0 Å². The molecule has 20 heavy (non-hydrogen) atoms. The van der Waals surface area contributed by atoms with Crippen molar-refractivity contribution in [1.82, 2.24) is 5.32 Å². The van der Waals surface area contributed by atoms with Crippen LogP contribution in [-0.4, -0.2) is 36.9 Å². The Morgan fingerprint density at radius 1 is 1.45 bits per heavy atom. The minimum absolute atomic E-state index is 0.0797. The van der Waals surface area contributed by atoms with Crippen LogP contribution in [0.5, 0.6) is 0 Å². The summed E-state index contributed by atoms with van der Waals surface area (Å²) in [5.74, 6) is 5.39. The van der Waals surface area contributed by atoms with E-state index < -0.39 is 0 Å². The lowest BCUT2D eigenvalue weighted by Gasteiger charge is -2.23. The van der Waals surface area contributed by atoms with E-state index in [-0.39, 0.29) is 18.6 Å². The molecule has 0 atom stereocenters. The first-order valence-electron chi connectivity index (χ1n) is 6.79.